The van der Waals surface area contributed by atoms with E-state index in [-0.39, 0.29) is 12.5 Å². The molecular weight excluding hydrogens is 270 g/mol. The Kier molecular flexibility index (Phi) is 5.03. The summed E-state index contributed by atoms with van der Waals surface area (Å²) in [5.41, 5.74) is -1.17. The molecule has 1 atom stereocenters. The van der Waals surface area contributed by atoms with Crippen molar-refractivity contribution < 1.29 is 23.5 Å². The van der Waals surface area contributed by atoms with Gasteiger partial charge in [0.05, 0.1) is 11.3 Å². The first-order chi connectivity index (χ1) is 9.35. The molecule has 0 aliphatic carbocycles. The van der Waals surface area contributed by atoms with Crippen LogP contribution in [-0.2, 0) is 0 Å². The number of terminal acetylenes is 1. The van der Waals surface area contributed by atoms with Crippen LogP contribution in [0.5, 0.6) is 0 Å². The number of anilines is 1. The van der Waals surface area contributed by atoms with Gasteiger partial charge >= 0.3 is 12.0 Å². The SMILES string of the molecule is C#CCC(C)NC(=O)Nc1cc(C(=O)O)c(F)cc1F. The molecule has 7 heteroatoms. The summed E-state index contributed by atoms with van der Waals surface area (Å²) < 4.78 is 26.6. The number of carbonyl (C=O) groups excluding carboxylic acids is 1. The van der Waals surface area contributed by atoms with Crippen molar-refractivity contribution in [2.24, 2.45) is 0 Å². The molecule has 5 nitrogen and oxygen atoms in total. The van der Waals surface area contributed by atoms with E-state index in [1.54, 1.807) is 6.92 Å². The predicted octanol–water partition coefficient (Wildman–Crippen LogP) is 2.20. The highest BCUT2D eigenvalue weighted by molar-refractivity contribution is 5.93. The highest BCUT2D eigenvalue weighted by Crippen LogP contribution is 2.19. The van der Waals surface area contributed by atoms with Crippen LogP contribution < -0.4 is 10.6 Å². The Bertz CT molecular complexity index is 582. The minimum absolute atomic E-state index is 0.277. The minimum Gasteiger partial charge on any atom is -0.478 e. The van der Waals surface area contributed by atoms with E-state index in [4.69, 9.17) is 11.5 Å². The van der Waals surface area contributed by atoms with Gasteiger partial charge in [-0.3, -0.25) is 0 Å². The Balaban J connectivity index is 2.87. The summed E-state index contributed by atoms with van der Waals surface area (Å²) in [4.78, 5) is 22.2. The molecule has 1 aromatic rings. The van der Waals surface area contributed by atoms with Gasteiger partial charge in [0.1, 0.15) is 11.6 Å². The van der Waals surface area contributed by atoms with Crippen molar-refractivity contribution in [3.05, 3.63) is 29.3 Å². The van der Waals surface area contributed by atoms with Gasteiger partial charge < -0.3 is 15.7 Å². The van der Waals surface area contributed by atoms with Crippen LogP contribution in [0.25, 0.3) is 0 Å². The maximum atomic E-state index is 13.4. The van der Waals surface area contributed by atoms with Gasteiger partial charge in [0.15, 0.2) is 0 Å². The van der Waals surface area contributed by atoms with E-state index in [2.05, 4.69) is 16.6 Å². The van der Waals surface area contributed by atoms with E-state index in [9.17, 15) is 18.4 Å². The quantitative estimate of drug-likeness (QED) is 0.741. The van der Waals surface area contributed by atoms with E-state index < -0.39 is 34.9 Å². The summed E-state index contributed by atoms with van der Waals surface area (Å²) in [5, 5.41) is 13.2. The average molecular weight is 282 g/mol. The number of carbonyl (C=O) groups is 2. The Morgan fingerprint density at radius 3 is 2.60 bits per heavy atom. The van der Waals surface area contributed by atoms with Crippen LogP contribution in [0.15, 0.2) is 12.1 Å². The monoisotopic (exact) mass is 282 g/mol. The van der Waals surface area contributed by atoms with Crippen LogP contribution in [0.2, 0.25) is 0 Å². The highest BCUT2D eigenvalue weighted by atomic mass is 19.1. The van der Waals surface area contributed by atoms with Crippen LogP contribution >= 0.6 is 0 Å². The minimum atomic E-state index is -1.56. The highest BCUT2D eigenvalue weighted by Gasteiger charge is 2.17. The molecule has 0 spiro atoms. The van der Waals surface area contributed by atoms with Crippen LogP contribution in [0.1, 0.15) is 23.7 Å². The van der Waals surface area contributed by atoms with Crippen LogP contribution in [-0.4, -0.2) is 23.1 Å². The van der Waals surface area contributed by atoms with Crippen molar-refractivity contribution in [2.75, 3.05) is 5.32 Å². The smallest absolute Gasteiger partial charge is 0.338 e. The first-order valence-corrected chi connectivity index (χ1v) is 5.58. The Labute approximate surface area is 114 Å². The van der Waals surface area contributed by atoms with Crippen molar-refractivity contribution in [3.8, 4) is 12.3 Å². The molecule has 106 valence electrons. The van der Waals surface area contributed by atoms with E-state index in [0.29, 0.717) is 12.1 Å². The number of benzene rings is 1. The maximum absolute atomic E-state index is 13.4. The summed E-state index contributed by atoms with van der Waals surface area (Å²) in [6, 6.07) is -0.0143. The molecule has 0 aliphatic rings. The van der Waals surface area contributed by atoms with E-state index in [0.717, 1.165) is 0 Å². The number of carboxylic acid groups (broad SMARTS) is 1. The molecule has 0 saturated carbocycles. The van der Waals surface area contributed by atoms with Crippen molar-refractivity contribution in [3.63, 3.8) is 0 Å². The first kappa shape index (κ1) is 15.4. The molecule has 2 amide bonds. The number of hydrogen-bond acceptors (Lipinski definition) is 2. The summed E-state index contributed by atoms with van der Waals surface area (Å²) in [6.07, 6.45) is 5.34. The first-order valence-electron chi connectivity index (χ1n) is 5.58. The number of amides is 2. The van der Waals surface area contributed by atoms with Gasteiger partial charge in [-0.25, -0.2) is 18.4 Å². The van der Waals surface area contributed by atoms with Crippen LogP contribution in [0, 0.1) is 24.0 Å². The van der Waals surface area contributed by atoms with Gasteiger partial charge in [-0.05, 0) is 13.0 Å². The van der Waals surface area contributed by atoms with Crippen molar-refractivity contribution in [1.82, 2.24) is 5.32 Å². The lowest BCUT2D eigenvalue weighted by Gasteiger charge is -2.13. The molecule has 0 saturated heterocycles. The maximum Gasteiger partial charge on any atom is 0.338 e. The molecule has 1 rings (SSSR count). The van der Waals surface area contributed by atoms with Crippen molar-refractivity contribution >= 4 is 17.7 Å². The molecular formula is C13H12F2N2O3. The summed E-state index contributed by atoms with van der Waals surface area (Å²) >= 11 is 0. The molecule has 1 aromatic carbocycles. The fraction of sp³-hybridized carbons (Fsp3) is 0.231. The van der Waals surface area contributed by atoms with Crippen molar-refractivity contribution in [2.45, 2.75) is 19.4 Å². The third kappa shape index (κ3) is 3.95. The van der Waals surface area contributed by atoms with Gasteiger partial charge in [0.25, 0.3) is 0 Å². The van der Waals surface area contributed by atoms with Gasteiger partial charge in [-0.2, -0.15) is 0 Å². The average Bonchev–Trinajstić information content (AvgIpc) is 2.32. The Hall–Kier alpha value is -2.62. The Morgan fingerprint density at radius 1 is 1.40 bits per heavy atom. The van der Waals surface area contributed by atoms with E-state index in [1.165, 1.54) is 0 Å². The number of carboxylic acids is 1. The summed E-state index contributed by atoms with van der Waals surface area (Å²) in [6.45, 7) is 1.64. The predicted molar refractivity (Wildman–Crippen MR) is 68.4 cm³/mol. The van der Waals surface area contributed by atoms with Crippen molar-refractivity contribution in [1.29, 1.82) is 0 Å². The zero-order valence-corrected chi connectivity index (χ0v) is 10.5. The lowest BCUT2D eigenvalue weighted by molar-refractivity contribution is 0.0692. The third-order valence-electron chi connectivity index (χ3n) is 2.34. The number of hydrogen-bond donors (Lipinski definition) is 3. The molecule has 1 unspecified atom stereocenters. The summed E-state index contributed by atoms with van der Waals surface area (Å²) in [7, 11) is 0. The molecule has 0 fully saturated rings. The van der Waals surface area contributed by atoms with Gasteiger partial charge in [-0.15, -0.1) is 12.3 Å². The molecule has 0 aliphatic heterocycles. The number of nitrogens with one attached hydrogen (secondary N) is 2. The van der Waals surface area contributed by atoms with Crippen LogP contribution in [0.3, 0.4) is 0 Å². The zero-order valence-electron chi connectivity index (χ0n) is 10.5. The lowest BCUT2D eigenvalue weighted by atomic mass is 10.2. The van der Waals surface area contributed by atoms with E-state index >= 15 is 0 Å². The van der Waals surface area contributed by atoms with Gasteiger partial charge in [0, 0.05) is 18.5 Å². The lowest BCUT2D eigenvalue weighted by Crippen LogP contribution is -2.36. The number of urea groups is 1. The summed E-state index contributed by atoms with van der Waals surface area (Å²) in [5.74, 6) is -1.52. The fourth-order valence-corrected chi connectivity index (χ4v) is 1.42. The zero-order chi connectivity index (χ0) is 15.3. The van der Waals surface area contributed by atoms with Gasteiger partial charge in [0.2, 0.25) is 0 Å². The standard InChI is InChI=1S/C13H12F2N2O3/c1-3-4-7(2)16-13(20)17-11-5-8(12(18)19)9(14)6-10(11)15/h1,5-7H,4H2,2H3,(H,18,19)(H2,16,17,20). The largest absolute Gasteiger partial charge is 0.478 e. The second-order valence-corrected chi connectivity index (χ2v) is 4.02. The Morgan fingerprint density at radius 2 is 2.05 bits per heavy atom. The fourth-order valence-electron chi connectivity index (χ4n) is 1.42. The third-order valence-corrected chi connectivity index (χ3v) is 2.34. The molecule has 0 heterocycles. The second-order valence-electron chi connectivity index (χ2n) is 4.02. The number of halogens is 2. The molecule has 3 N–H and O–H groups in total. The molecule has 0 aromatic heterocycles. The molecule has 0 radical (unpaired) electrons. The molecule has 0 bridgehead atoms. The number of rotatable bonds is 4. The number of aromatic carboxylic acids is 1. The topological polar surface area (TPSA) is 78.4 Å². The second kappa shape index (κ2) is 6.52. The van der Waals surface area contributed by atoms with E-state index in [1.807, 2.05) is 0 Å². The van der Waals surface area contributed by atoms with Gasteiger partial charge in [-0.1, -0.05) is 0 Å². The molecule has 20 heavy (non-hydrogen) atoms. The normalized spacial score (nSPS) is 11.3. The van der Waals surface area contributed by atoms with Crippen LogP contribution in [0.4, 0.5) is 19.3 Å².